The third-order valence-corrected chi connectivity index (χ3v) is 2.68. The van der Waals surface area contributed by atoms with Crippen LogP contribution in [0.5, 0.6) is 0 Å². The van der Waals surface area contributed by atoms with Crippen LogP contribution in [-0.4, -0.2) is 49.2 Å². The van der Waals surface area contributed by atoms with Gasteiger partial charge in [0, 0.05) is 11.8 Å². The summed E-state index contributed by atoms with van der Waals surface area (Å²) in [6.07, 6.45) is 1.36. The lowest BCUT2D eigenvalue weighted by Gasteiger charge is -2.21. The summed E-state index contributed by atoms with van der Waals surface area (Å²) in [6.45, 7) is 0.823. The third kappa shape index (κ3) is 4.13. The van der Waals surface area contributed by atoms with Gasteiger partial charge >= 0.3 is 17.6 Å². The molecule has 0 spiro atoms. The van der Waals surface area contributed by atoms with Crippen molar-refractivity contribution in [2.75, 3.05) is 32.2 Å². The quantitative estimate of drug-likeness (QED) is 0.422. The van der Waals surface area contributed by atoms with Crippen LogP contribution in [0.2, 0.25) is 0 Å². The van der Waals surface area contributed by atoms with Crippen LogP contribution in [0.25, 0.3) is 0 Å². The molecule has 9 nitrogen and oxygen atoms in total. The van der Waals surface area contributed by atoms with E-state index in [1.54, 1.807) is 0 Å². The van der Waals surface area contributed by atoms with Crippen LogP contribution < -0.4 is 4.90 Å². The Kier molecular flexibility index (Phi) is 5.58. The molecule has 0 aliphatic heterocycles. The minimum absolute atomic E-state index is 0.0872. The van der Waals surface area contributed by atoms with Gasteiger partial charge in [0.2, 0.25) is 5.82 Å². The van der Waals surface area contributed by atoms with Gasteiger partial charge in [-0.15, -0.1) is 0 Å². The van der Waals surface area contributed by atoms with E-state index >= 15 is 0 Å². The average molecular weight is 297 g/mol. The van der Waals surface area contributed by atoms with Crippen LogP contribution in [0.4, 0.5) is 11.5 Å². The van der Waals surface area contributed by atoms with Crippen molar-refractivity contribution < 1.29 is 24.0 Å². The molecule has 1 aromatic heterocycles. The van der Waals surface area contributed by atoms with E-state index < -0.39 is 16.9 Å². The largest absolute Gasteiger partial charge is 0.468 e. The number of ether oxygens (including phenoxy) is 2. The Balaban J connectivity index is 3.24. The molecule has 0 aromatic carbocycles. The standard InChI is InChI=1S/C12H15N3O6/c1-8-4-5-13-12(11(8)15(18)19)14(6-9(16)20-2)7-10(17)21-3/h4-5H,6-7H2,1-3H3. The number of methoxy groups -OCH3 is 2. The number of hydrogen-bond donors (Lipinski definition) is 0. The molecule has 1 aromatic rings. The van der Waals surface area contributed by atoms with E-state index in [2.05, 4.69) is 14.5 Å². The molecule has 0 aliphatic carbocycles. The highest BCUT2D eigenvalue weighted by Gasteiger charge is 2.27. The summed E-state index contributed by atoms with van der Waals surface area (Å²) in [6, 6.07) is 1.47. The predicted octanol–water partition coefficient (Wildman–Crippen LogP) is 0.451. The Morgan fingerprint density at radius 3 is 2.24 bits per heavy atom. The summed E-state index contributed by atoms with van der Waals surface area (Å²) in [5.74, 6) is -1.40. The number of aromatic nitrogens is 1. The average Bonchev–Trinajstić information content (AvgIpc) is 2.45. The topological polar surface area (TPSA) is 112 Å². The SMILES string of the molecule is COC(=O)CN(CC(=O)OC)c1nccc(C)c1[N+](=O)[O-]. The van der Waals surface area contributed by atoms with Crippen LogP contribution in [0.3, 0.4) is 0 Å². The molecule has 9 heteroatoms. The van der Waals surface area contributed by atoms with Gasteiger partial charge in [0.25, 0.3) is 0 Å². The molecule has 0 fully saturated rings. The number of nitro groups is 1. The molecule has 0 radical (unpaired) electrons. The Morgan fingerprint density at radius 1 is 1.29 bits per heavy atom. The third-order valence-electron chi connectivity index (χ3n) is 2.68. The molecule has 0 unspecified atom stereocenters. The highest BCUT2D eigenvalue weighted by molar-refractivity contribution is 5.82. The highest BCUT2D eigenvalue weighted by Crippen LogP contribution is 2.28. The molecule has 0 aliphatic rings. The molecule has 0 saturated carbocycles. The number of anilines is 1. The van der Waals surface area contributed by atoms with Crippen molar-refractivity contribution in [1.29, 1.82) is 0 Å². The first kappa shape index (κ1) is 16.3. The van der Waals surface area contributed by atoms with Crippen molar-refractivity contribution in [3.05, 3.63) is 27.9 Å². The van der Waals surface area contributed by atoms with Gasteiger partial charge in [-0.25, -0.2) is 4.98 Å². The summed E-state index contributed by atoms with van der Waals surface area (Å²) in [4.78, 5) is 38.4. The summed E-state index contributed by atoms with van der Waals surface area (Å²) in [7, 11) is 2.35. The number of aryl methyl sites for hydroxylation is 1. The summed E-state index contributed by atoms with van der Waals surface area (Å²) in [5.41, 5.74) is 0.0926. The van der Waals surface area contributed by atoms with Gasteiger partial charge in [0.1, 0.15) is 13.1 Å². The maximum Gasteiger partial charge on any atom is 0.325 e. The molecule has 0 amide bonds. The first-order valence-corrected chi connectivity index (χ1v) is 5.89. The molecular formula is C12H15N3O6. The summed E-state index contributed by atoms with van der Waals surface area (Å²) < 4.78 is 9.04. The number of carbonyl (C=O) groups excluding carboxylic acids is 2. The Labute approximate surface area is 120 Å². The monoisotopic (exact) mass is 297 g/mol. The van der Waals surface area contributed by atoms with Gasteiger partial charge in [-0.3, -0.25) is 19.7 Å². The van der Waals surface area contributed by atoms with Gasteiger partial charge < -0.3 is 14.4 Å². The summed E-state index contributed by atoms with van der Waals surface area (Å²) in [5, 5.41) is 11.2. The van der Waals surface area contributed by atoms with E-state index in [-0.39, 0.29) is 24.6 Å². The zero-order valence-corrected chi connectivity index (χ0v) is 11.9. The van der Waals surface area contributed by atoms with Crippen molar-refractivity contribution in [3.63, 3.8) is 0 Å². The van der Waals surface area contributed by atoms with Crippen molar-refractivity contribution in [2.24, 2.45) is 0 Å². The van der Waals surface area contributed by atoms with Crippen LogP contribution in [0.15, 0.2) is 12.3 Å². The van der Waals surface area contributed by atoms with E-state index in [4.69, 9.17) is 0 Å². The minimum Gasteiger partial charge on any atom is -0.468 e. The molecule has 0 N–H and O–H groups in total. The Bertz CT molecular complexity index is 542. The lowest BCUT2D eigenvalue weighted by molar-refractivity contribution is -0.384. The fraction of sp³-hybridized carbons (Fsp3) is 0.417. The number of pyridine rings is 1. The Morgan fingerprint density at radius 2 is 1.81 bits per heavy atom. The van der Waals surface area contributed by atoms with Crippen LogP contribution >= 0.6 is 0 Å². The van der Waals surface area contributed by atoms with Gasteiger partial charge in [-0.05, 0) is 13.0 Å². The number of rotatable bonds is 6. The molecule has 21 heavy (non-hydrogen) atoms. The van der Waals surface area contributed by atoms with Crippen molar-refractivity contribution in [1.82, 2.24) is 4.98 Å². The van der Waals surface area contributed by atoms with Gasteiger partial charge in [-0.1, -0.05) is 0 Å². The lowest BCUT2D eigenvalue weighted by Crippen LogP contribution is -2.36. The number of nitrogens with zero attached hydrogens (tertiary/aromatic N) is 3. The molecule has 114 valence electrons. The van der Waals surface area contributed by atoms with Gasteiger partial charge in [0.05, 0.1) is 19.1 Å². The zero-order valence-electron chi connectivity index (χ0n) is 11.9. The fourth-order valence-corrected chi connectivity index (χ4v) is 1.64. The molecule has 1 rings (SSSR count). The smallest absolute Gasteiger partial charge is 0.325 e. The maximum atomic E-state index is 11.4. The summed E-state index contributed by atoms with van der Waals surface area (Å²) >= 11 is 0. The van der Waals surface area contributed by atoms with Crippen LogP contribution in [0, 0.1) is 17.0 Å². The van der Waals surface area contributed by atoms with E-state index in [1.165, 1.54) is 33.4 Å². The van der Waals surface area contributed by atoms with Crippen LogP contribution in [0.1, 0.15) is 5.56 Å². The van der Waals surface area contributed by atoms with Crippen molar-refractivity contribution >= 4 is 23.4 Å². The van der Waals surface area contributed by atoms with Crippen molar-refractivity contribution in [3.8, 4) is 0 Å². The zero-order chi connectivity index (χ0) is 16.0. The molecule has 0 atom stereocenters. The molecular weight excluding hydrogens is 282 g/mol. The molecule has 1 heterocycles. The van der Waals surface area contributed by atoms with Crippen LogP contribution in [-0.2, 0) is 19.1 Å². The normalized spacial score (nSPS) is 9.86. The highest BCUT2D eigenvalue weighted by atomic mass is 16.6. The predicted molar refractivity (Wildman–Crippen MR) is 71.9 cm³/mol. The second-order valence-electron chi connectivity index (χ2n) is 4.07. The van der Waals surface area contributed by atoms with E-state index in [1.807, 2.05) is 0 Å². The second-order valence-corrected chi connectivity index (χ2v) is 4.07. The van der Waals surface area contributed by atoms with E-state index in [9.17, 15) is 19.7 Å². The van der Waals surface area contributed by atoms with E-state index in [0.717, 1.165) is 4.90 Å². The first-order valence-electron chi connectivity index (χ1n) is 5.89. The Hall–Kier alpha value is -2.71. The van der Waals surface area contributed by atoms with Gasteiger partial charge in [-0.2, -0.15) is 0 Å². The second kappa shape index (κ2) is 7.17. The molecule has 0 saturated heterocycles. The number of carbonyl (C=O) groups is 2. The molecule has 0 bridgehead atoms. The minimum atomic E-state index is -0.656. The number of hydrogen-bond acceptors (Lipinski definition) is 8. The lowest BCUT2D eigenvalue weighted by atomic mass is 10.2. The maximum absolute atomic E-state index is 11.4. The fourth-order valence-electron chi connectivity index (χ4n) is 1.64. The van der Waals surface area contributed by atoms with Gasteiger partial charge in [0.15, 0.2) is 0 Å². The number of esters is 2. The first-order chi connectivity index (χ1) is 9.90. The van der Waals surface area contributed by atoms with E-state index in [0.29, 0.717) is 5.56 Å². The van der Waals surface area contributed by atoms with Crippen molar-refractivity contribution in [2.45, 2.75) is 6.92 Å².